The van der Waals surface area contributed by atoms with Crippen molar-refractivity contribution in [2.45, 2.75) is 39.8 Å². The monoisotopic (exact) mass is 266 g/mol. The van der Waals surface area contributed by atoms with Crippen molar-refractivity contribution in [2.24, 2.45) is 17.6 Å². The second-order valence-corrected chi connectivity index (χ2v) is 5.43. The zero-order valence-corrected chi connectivity index (χ0v) is 12.0. The van der Waals surface area contributed by atoms with E-state index in [4.69, 9.17) is 5.73 Å². The van der Waals surface area contributed by atoms with Crippen LogP contribution in [0.4, 0.5) is 4.39 Å². The molecule has 0 aromatic heterocycles. The van der Waals surface area contributed by atoms with Crippen LogP contribution >= 0.6 is 0 Å². The average Bonchev–Trinajstić information content (AvgIpc) is 2.35. The molecule has 1 aromatic rings. The maximum atomic E-state index is 12.9. The van der Waals surface area contributed by atoms with Gasteiger partial charge in [0.15, 0.2) is 0 Å². The molecule has 0 spiro atoms. The number of nitrogens with one attached hydrogen (secondary N) is 1. The van der Waals surface area contributed by atoms with E-state index in [0.717, 1.165) is 5.56 Å². The Morgan fingerprint density at radius 2 is 1.68 bits per heavy atom. The Balaban J connectivity index is 2.85. The first-order chi connectivity index (χ1) is 8.82. The Labute approximate surface area is 114 Å². The third-order valence-electron chi connectivity index (χ3n) is 3.40. The van der Waals surface area contributed by atoms with Gasteiger partial charge >= 0.3 is 0 Å². The highest BCUT2D eigenvalue weighted by molar-refractivity contribution is 5.79. The first-order valence-electron chi connectivity index (χ1n) is 6.64. The Morgan fingerprint density at radius 1 is 1.16 bits per heavy atom. The summed E-state index contributed by atoms with van der Waals surface area (Å²) in [5.41, 5.74) is 6.64. The zero-order chi connectivity index (χ0) is 14.6. The third-order valence-corrected chi connectivity index (χ3v) is 3.40. The molecule has 0 aliphatic carbocycles. The fourth-order valence-electron chi connectivity index (χ4n) is 1.83. The molecule has 0 saturated heterocycles. The molecule has 0 aliphatic heterocycles. The van der Waals surface area contributed by atoms with Gasteiger partial charge in [-0.05, 0) is 30.5 Å². The largest absolute Gasteiger partial charge is 0.349 e. The fraction of sp³-hybridized carbons (Fsp3) is 0.533. The van der Waals surface area contributed by atoms with Gasteiger partial charge < -0.3 is 11.1 Å². The fourth-order valence-corrected chi connectivity index (χ4v) is 1.83. The van der Waals surface area contributed by atoms with Crippen LogP contribution in [0, 0.1) is 17.7 Å². The van der Waals surface area contributed by atoms with Crippen LogP contribution in [0.3, 0.4) is 0 Å². The van der Waals surface area contributed by atoms with Gasteiger partial charge in [-0.2, -0.15) is 0 Å². The maximum absolute atomic E-state index is 12.9. The first-order valence-corrected chi connectivity index (χ1v) is 6.64. The van der Waals surface area contributed by atoms with Crippen molar-refractivity contribution in [3.8, 4) is 0 Å². The quantitative estimate of drug-likeness (QED) is 0.860. The van der Waals surface area contributed by atoms with Crippen LogP contribution in [-0.4, -0.2) is 11.9 Å². The van der Waals surface area contributed by atoms with E-state index < -0.39 is 0 Å². The van der Waals surface area contributed by atoms with Crippen molar-refractivity contribution in [2.75, 3.05) is 0 Å². The second-order valence-electron chi connectivity index (χ2n) is 5.43. The van der Waals surface area contributed by atoms with E-state index in [-0.39, 0.29) is 35.6 Å². The van der Waals surface area contributed by atoms with Gasteiger partial charge in [-0.25, -0.2) is 4.39 Å². The Kier molecular flexibility index (Phi) is 5.48. The van der Waals surface area contributed by atoms with Crippen LogP contribution < -0.4 is 11.1 Å². The molecule has 1 aromatic carbocycles. The number of hydrogen-bond donors (Lipinski definition) is 2. The number of hydrogen-bond acceptors (Lipinski definition) is 2. The van der Waals surface area contributed by atoms with Crippen molar-refractivity contribution < 1.29 is 9.18 Å². The lowest BCUT2D eigenvalue weighted by molar-refractivity contribution is -0.126. The molecule has 3 unspecified atom stereocenters. The minimum atomic E-state index is -0.276. The molecular formula is C15H23FN2O. The van der Waals surface area contributed by atoms with Gasteiger partial charge in [-0.15, -0.1) is 0 Å². The van der Waals surface area contributed by atoms with Crippen molar-refractivity contribution in [1.29, 1.82) is 0 Å². The summed E-state index contributed by atoms with van der Waals surface area (Å²) in [6.07, 6.45) is 0. The number of amides is 1. The SMILES string of the molecule is CC(C)C(NC(=O)C(C)C(C)N)c1ccc(F)cc1. The van der Waals surface area contributed by atoms with Crippen LogP contribution in [0.25, 0.3) is 0 Å². The second kappa shape index (κ2) is 6.66. The molecule has 4 heteroatoms. The van der Waals surface area contributed by atoms with Gasteiger partial charge in [-0.1, -0.05) is 32.9 Å². The predicted octanol–water partition coefficient (Wildman–Crippen LogP) is 2.62. The molecule has 3 atom stereocenters. The van der Waals surface area contributed by atoms with Crippen LogP contribution in [0.1, 0.15) is 39.3 Å². The molecule has 0 saturated carbocycles. The van der Waals surface area contributed by atoms with E-state index in [1.165, 1.54) is 12.1 Å². The molecule has 1 amide bonds. The van der Waals surface area contributed by atoms with E-state index >= 15 is 0 Å². The van der Waals surface area contributed by atoms with E-state index in [2.05, 4.69) is 5.32 Å². The van der Waals surface area contributed by atoms with Gasteiger partial charge in [0.25, 0.3) is 0 Å². The average molecular weight is 266 g/mol. The predicted molar refractivity (Wildman–Crippen MR) is 74.9 cm³/mol. The summed E-state index contributed by atoms with van der Waals surface area (Å²) in [4.78, 5) is 12.1. The number of halogens is 1. The summed E-state index contributed by atoms with van der Waals surface area (Å²) < 4.78 is 12.9. The highest BCUT2D eigenvalue weighted by atomic mass is 19.1. The Morgan fingerprint density at radius 3 is 2.11 bits per heavy atom. The number of carbonyl (C=O) groups is 1. The minimum Gasteiger partial charge on any atom is -0.349 e. The zero-order valence-electron chi connectivity index (χ0n) is 12.0. The maximum Gasteiger partial charge on any atom is 0.224 e. The van der Waals surface area contributed by atoms with Crippen LogP contribution in [-0.2, 0) is 4.79 Å². The summed E-state index contributed by atoms with van der Waals surface area (Å²) >= 11 is 0. The number of nitrogens with two attached hydrogens (primary N) is 1. The lowest BCUT2D eigenvalue weighted by Crippen LogP contribution is -2.41. The van der Waals surface area contributed by atoms with Gasteiger partial charge in [0.2, 0.25) is 5.91 Å². The smallest absolute Gasteiger partial charge is 0.224 e. The Hall–Kier alpha value is -1.42. The molecule has 19 heavy (non-hydrogen) atoms. The summed E-state index contributed by atoms with van der Waals surface area (Å²) in [7, 11) is 0. The molecule has 0 aliphatic rings. The van der Waals surface area contributed by atoms with E-state index in [9.17, 15) is 9.18 Å². The van der Waals surface area contributed by atoms with Gasteiger partial charge in [-0.3, -0.25) is 4.79 Å². The van der Waals surface area contributed by atoms with Crippen LogP contribution in [0.2, 0.25) is 0 Å². The lowest BCUT2D eigenvalue weighted by atomic mass is 9.94. The van der Waals surface area contributed by atoms with Crippen molar-refractivity contribution >= 4 is 5.91 Å². The molecular weight excluding hydrogens is 243 g/mol. The topological polar surface area (TPSA) is 55.1 Å². The van der Waals surface area contributed by atoms with Gasteiger partial charge in [0.05, 0.1) is 6.04 Å². The molecule has 106 valence electrons. The number of carbonyl (C=O) groups excluding carboxylic acids is 1. The van der Waals surface area contributed by atoms with Crippen molar-refractivity contribution in [3.05, 3.63) is 35.6 Å². The molecule has 0 radical (unpaired) electrons. The molecule has 0 bridgehead atoms. The molecule has 1 rings (SSSR count). The summed E-state index contributed by atoms with van der Waals surface area (Å²) in [5, 5.41) is 2.99. The van der Waals surface area contributed by atoms with Gasteiger partial charge in [0, 0.05) is 12.0 Å². The molecule has 0 fully saturated rings. The molecule has 3 nitrogen and oxygen atoms in total. The number of benzene rings is 1. The first kappa shape index (κ1) is 15.6. The summed E-state index contributed by atoms with van der Waals surface area (Å²) in [6, 6.07) is 5.90. The molecule has 3 N–H and O–H groups in total. The van der Waals surface area contributed by atoms with E-state index in [1.807, 2.05) is 27.7 Å². The molecule has 0 heterocycles. The summed E-state index contributed by atoms with van der Waals surface area (Å²) in [6.45, 7) is 7.66. The third kappa shape index (κ3) is 4.31. The standard InChI is InChI=1S/C15H23FN2O/c1-9(2)14(12-5-7-13(16)8-6-12)18-15(19)10(3)11(4)17/h5-11,14H,17H2,1-4H3,(H,18,19). The van der Waals surface area contributed by atoms with Crippen molar-refractivity contribution in [3.63, 3.8) is 0 Å². The van der Waals surface area contributed by atoms with Crippen LogP contribution in [0.15, 0.2) is 24.3 Å². The van der Waals surface area contributed by atoms with Crippen LogP contribution in [0.5, 0.6) is 0 Å². The van der Waals surface area contributed by atoms with Gasteiger partial charge in [0.1, 0.15) is 5.82 Å². The highest BCUT2D eigenvalue weighted by Gasteiger charge is 2.23. The van der Waals surface area contributed by atoms with E-state index in [0.29, 0.717) is 0 Å². The minimum absolute atomic E-state index is 0.0713. The lowest BCUT2D eigenvalue weighted by Gasteiger charge is -2.25. The summed E-state index contributed by atoms with van der Waals surface area (Å²) in [5.74, 6) is -0.379. The Bertz CT molecular complexity index is 415. The normalized spacial score (nSPS) is 15.9. The highest BCUT2D eigenvalue weighted by Crippen LogP contribution is 2.22. The van der Waals surface area contributed by atoms with E-state index in [1.54, 1.807) is 12.1 Å². The number of rotatable bonds is 5. The van der Waals surface area contributed by atoms with Crippen molar-refractivity contribution in [1.82, 2.24) is 5.32 Å².